The summed E-state index contributed by atoms with van der Waals surface area (Å²) in [7, 11) is 0. The monoisotopic (exact) mass is 218 g/mol. The second-order valence-electron chi connectivity index (χ2n) is 3.43. The van der Waals surface area contributed by atoms with Gasteiger partial charge in [-0.1, -0.05) is 0 Å². The van der Waals surface area contributed by atoms with E-state index in [0.717, 1.165) is 5.69 Å². The van der Waals surface area contributed by atoms with Crippen molar-refractivity contribution in [1.29, 1.82) is 0 Å². The zero-order valence-corrected chi connectivity index (χ0v) is 8.85. The Kier molecular flexibility index (Phi) is 2.40. The van der Waals surface area contributed by atoms with Crippen LogP contribution in [-0.2, 0) is 0 Å². The van der Waals surface area contributed by atoms with Crippen molar-refractivity contribution in [2.75, 3.05) is 0 Å². The molecule has 16 heavy (non-hydrogen) atoms. The van der Waals surface area contributed by atoms with Gasteiger partial charge >= 0.3 is 5.97 Å². The van der Waals surface area contributed by atoms with E-state index >= 15 is 0 Å². The number of carbonyl (C=O) groups is 1. The smallest absolute Gasteiger partial charge is 0.356 e. The van der Waals surface area contributed by atoms with Crippen molar-refractivity contribution < 1.29 is 9.90 Å². The summed E-state index contributed by atoms with van der Waals surface area (Å²) in [6, 6.07) is 1.78. The zero-order valence-electron chi connectivity index (χ0n) is 8.85. The number of hydrogen-bond donors (Lipinski definition) is 2. The second kappa shape index (κ2) is 3.73. The number of aromatic amines is 1. The van der Waals surface area contributed by atoms with Crippen LogP contribution in [0, 0.1) is 13.8 Å². The molecule has 6 nitrogen and oxygen atoms in total. The van der Waals surface area contributed by atoms with Gasteiger partial charge in [0, 0.05) is 5.69 Å². The Labute approximate surface area is 91.4 Å². The first kappa shape index (κ1) is 10.3. The third kappa shape index (κ3) is 1.77. The highest BCUT2D eigenvalue weighted by molar-refractivity contribution is 5.87. The third-order valence-electron chi connectivity index (χ3n) is 2.13. The van der Waals surface area contributed by atoms with Gasteiger partial charge in [-0.3, -0.25) is 10.1 Å². The Hall–Kier alpha value is -2.24. The summed E-state index contributed by atoms with van der Waals surface area (Å²) < 4.78 is 0. The maximum absolute atomic E-state index is 10.9. The van der Waals surface area contributed by atoms with Crippen LogP contribution < -0.4 is 0 Å². The molecular formula is C10H10N4O2. The molecule has 0 aliphatic rings. The molecular weight excluding hydrogens is 208 g/mol. The molecule has 0 bridgehead atoms. The molecule has 6 heteroatoms. The predicted octanol–water partition coefficient (Wildman–Crippen LogP) is 1.18. The van der Waals surface area contributed by atoms with Crippen molar-refractivity contribution >= 4 is 5.97 Å². The minimum atomic E-state index is -1.08. The van der Waals surface area contributed by atoms with Gasteiger partial charge in [0.05, 0.1) is 11.9 Å². The van der Waals surface area contributed by atoms with Crippen LogP contribution in [0.1, 0.15) is 21.9 Å². The molecule has 2 rings (SSSR count). The highest BCUT2D eigenvalue weighted by atomic mass is 16.4. The normalized spacial score (nSPS) is 10.4. The highest BCUT2D eigenvalue weighted by Crippen LogP contribution is 2.15. The summed E-state index contributed by atoms with van der Waals surface area (Å²) >= 11 is 0. The fourth-order valence-electron chi connectivity index (χ4n) is 1.32. The molecule has 0 aromatic carbocycles. The van der Waals surface area contributed by atoms with Crippen LogP contribution in [0.4, 0.5) is 0 Å². The van der Waals surface area contributed by atoms with Crippen molar-refractivity contribution in [3.05, 3.63) is 29.3 Å². The van der Waals surface area contributed by atoms with E-state index in [-0.39, 0.29) is 5.69 Å². The maximum Gasteiger partial charge on any atom is 0.356 e. The molecule has 2 heterocycles. The fourth-order valence-corrected chi connectivity index (χ4v) is 1.32. The van der Waals surface area contributed by atoms with Gasteiger partial charge in [0.25, 0.3) is 0 Å². The highest BCUT2D eigenvalue weighted by Gasteiger charge is 2.13. The van der Waals surface area contributed by atoms with Gasteiger partial charge in [-0.15, -0.1) is 0 Å². The molecule has 0 spiro atoms. The van der Waals surface area contributed by atoms with Crippen LogP contribution in [0.25, 0.3) is 11.4 Å². The molecule has 2 aromatic heterocycles. The van der Waals surface area contributed by atoms with Crippen molar-refractivity contribution in [2.45, 2.75) is 13.8 Å². The summed E-state index contributed by atoms with van der Waals surface area (Å²) in [4.78, 5) is 18.9. The van der Waals surface area contributed by atoms with Gasteiger partial charge in [-0.25, -0.2) is 9.78 Å². The number of hydrogen-bond acceptors (Lipinski definition) is 4. The van der Waals surface area contributed by atoms with Crippen LogP contribution in [0.15, 0.2) is 12.3 Å². The lowest BCUT2D eigenvalue weighted by Crippen LogP contribution is -2.06. The molecule has 2 N–H and O–H groups in total. The Morgan fingerprint density at radius 3 is 2.69 bits per heavy atom. The van der Waals surface area contributed by atoms with Crippen LogP contribution in [0.3, 0.4) is 0 Å². The Morgan fingerprint density at radius 2 is 2.12 bits per heavy atom. The van der Waals surface area contributed by atoms with Crippen LogP contribution in [0.5, 0.6) is 0 Å². The first-order chi connectivity index (χ1) is 7.58. The molecule has 0 unspecified atom stereocenters. The van der Waals surface area contributed by atoms with E-state index in [1.54, 1.807) is 13.0 Å². The lowest BCUT2D eigenvalue weighted by Gasteiger charge is -2.00. The molecule has 0 saturated carbocycles. The number of carboxylic acid groups (broad SMARTS) is 1. The maximum atomic E-state index is 10.9. The zero-order chi connectivity index (χ0) is 11.7. The average Bonchev–Trinajstić information content (AvgIpc) is 2.65. The third-order valence-corrected chi connectivity index (χ3v) is 2.13. The van der Waals surface area contributed by atoms with Gasteiger partial charge < -0.3 is 5.11 Å². The van der Waals surface area contributed by atoms with Gasteiger partial charge in [0.2, 0.25) is 0 Å². The molecule has 2 aromatic rings. The van der Waals surface area contributed by atoms with Crippen LogP contribution in [0.2, 0.25) is 0 Å². The number of aromatic carboxylic acids is 1. The lowest BCUT2D eigenvalue weighted by atomic mass is 10.2. The first-order valence-corrected chi connectivity index (χ1v) is 4.67. The fraction of sp³-hybridized carbons (Fsp3) is 0.200. The topological polar surface area (TPSA) is 91.8 Å². The average molecular weight is 218 g/mol. The molecule has 0 radical (unpaired) electrons. The Morgan fingerprint density at radius 1 is 1.38 bits per heavy atom. The van der Waals surface area contributed by atoms with E-state index in [1.165, 1.54) is 6.20 Å². The molecule has 0 saturated heterocycles. The number of carboxylic acids is 1. The van der Waals surface area contributed by atoms with Gasteiger partial charge in [0.15, 0.2) is 5.69 Å². The minimum Gasteiger partial charge on any atom is -0.476 e. The van der Waals surface area contributed by atoms with Crippen LogP contribution >= 0.6 is 0 Å². The van der Waals surface area contributed by atoms with E-state index in [4.69, 9.17) is 5.11 Å². The molecule has 0 atom stereocenters. The molecule has 0 amide bonds. The standard InChI is InChI=1S/C10H10N4O2/c1-5-3-7(14-13-5)8-4-11-6(2)9(12-8)10(15)16/h3-4H,1-2H3,(H,13,14)(H,15,16). The van der Waals surface area contributed by atoms with Crippen molar-refractivity contribution in [1.82, 2.24) is 20.2 Å². The van der Waals surface area contributed by atoms with Crippen molar-refractivity contribution in [3.8, 4) is 11.4 Å². The van der Waals surface area contributed by atoms with Crippen LogP contribution in [-0.4, -0.2) is 31.2 Å². The number of rotatable bonds is 2. The van der Waals surface area contributed by atoms with E-state index in [2.05, 4.69) is 20.2 Å². The molecule has 0 fully saturated rings. The summed E-state index contributed by atoms with van der Waals surface area (Å²) in [6.07, 6.45) is 1.51. The van der Waals surface area contributed by atoms with E-state index < -0.39 is 5.97 Å². The van der Waals surface area contributed by atoms with E-state index in [0.29, 0.717) is 17.1 Å². The van der Waals surface area contributed by atoms with Crippen molar-refractivity contribution in [3.63, 3.8) is 0 Å². The van der Waals surface area contributed by atoms with E-state index in [1.807, 2.05) is 6.92 Å². The minimum absolute atomic E-state index is 0.0434. The molecule has 82 valence electrons. The largest absolute Gasteiger partial charge is 0.476 e. The van der Waals surface area contributed by atoms with Gasteiger partial charge in [0.1, 0.15) is 11.4 Å². The number of nitrogens with zero attached hydrogens (tertiary/aromatic N) is 3. The second-order valence-corrected chi connectivity index (χ2v) is 3.43. The number of aromatic nitrogens is 4. The van der Waals surface area contributed by atoms with Gasteiger partial charge in [-0.05, 0) is 19.9 Å². The number of aryl methyl sites for hydroxylation is 2. The predicted molar refractivity (Wildman–Crippen MR) is 56.0 cm³/mol. The Balaban J connectivity index is 2.51. The summed E-state index contributed by atoms with van der Waals surface area (Å²) in [5.74, 6) is -1.08. The number of nitrogens with one attached hydrogen (secondary N) is 1. The van der Waals surface area contributed by atoms with E-state index in [9.17, 15) is 4.79 Å². The summed E-state index contributed by atoms with van der Waals surface area (Å²) in [5.41, 5.74) is 2.27. The Bertz CT molecular complexity index is 548. The molecule has 0 aliphatic heterocycles. The lowest BCUT2D eigenvalue weighted by molar-refractivity contribution is 0.0689. The molecule has 0 aliphatic carbocycles. The number of H-pyrrole nitrogens is 1. The van der Waals surface area contributed by atoms with Crippen molar-refractivity contribution in [2.24, 2.45) is 0 Å². The summed E-state index contributed by atoms with van der Waals surface area (Å²) in [6.45, 7) is 3.46. The quantitative estimate of drug-likeness (QED) is 0.789. The summed E-state index contributed by atoms with van der Waals surface area (Å²) in [5, 5.41) is 15.7. The first-order valence-electron chi connectivity index (χ1n) is 4.67. The van der Waals surface area contributed by atoms with Gasteiger partial charge in [-0.2, -0.15) is 5.10 Å². The SMILES string of the molecule is Cc1cc(-c2cnc(C)c(C(=O)O)n2)n[nH]1.